The van der Waals surface area contributed by atoms with Gasteiger partial charge in [-0.15, -0.1) is 0 Å². The van der Waals surface area contributed by atoms with Crippen LogP contribution in [0.5, 0.6) is 0 Å². The lowest BCUT2D eigenvalue weighted by atomic mass is 10.1. The molecule has 28 heavy (non-hydrogen) atoms. The number of hydrogen-bond donors (Lipinski definition) is 0. The Bertz CT molecular complexity index is 965. The quantitative estimate of drug-likeness (QED) is 0.435. The van der Waals surface area contributed by atoms with Crippen molar-refractivity contribution in [3.05, 3.63) is 105 Å². The molecule has 1 amide bonds. The molecular weight excluding hydrogens is 378 g/mol. The molecule has 0 fully saturated rings. The number of amides is 1. The van der Waals surface area contributed by atoms with Crippen molar-refractivity contribution in [3.63, 3.8) is 0 Å². The molecule has 142 valence electrons. The van der Waals surface area contributed by atoms with Crippen molar-refractivity contribution in [2.24, 2.45) is 0 Å². The van der Waals surface area contributed by atoms with Crippen LogP contribution in [0, 0.1) is 10.1 Å². The van der Waals surface area contributed by atoms with Crippen LogP contribution in [0.15, 0.2) is 72.9 Å². The monoisotopic (exact) mass is 395 g/mol. The van der Waals surface area contributed by atoms with Crippen LogP contribution in [-0.2, 0) is 13.0 Å². The topological polar surface area (TPSA) is 76.3 Å². The van der Waals surface area contributed by atoms with E-state index in [1.807, 2.05) is 48.5 Å². The van der Waals surface area contributed by atoms with Gasteiger partial charge in [-0.3, -0.25) is 19.9 Å². The third kappa shape index (κ3) is 4.92. The van der Waals surface area contributed by atoms with Gasteiger partial charge in [-0.1, -0.05) is 48.0 Å². The lowest BCUT2D eigenvalue weighted by Crippen LogP contribution is -2.32. The van der Waals surface area contributed by atoms with Crippen molar-refractivity contribution >= 4 is 23.2 Å². The van der Waals surface area contributed by atoms with Gasteiger partial charge in [-0.2, -0.15) is 0 Å². The van der Waals surface area contributed by atoms with Crippen molar-refractivity contribution in [2.45, 2.75) is 13.0 Å². The van der Waals surface area contributed by atoms with E-state index in [1.165, 1.54) is 18.2 Å². The van der Waals surface area contributed by atoms with Gasteiger partial charge in [0.15, 0.2) is 0 Å². The summed E-state index contributed by atoms with van der Waals surface area (Å²) in [6.07, 6.45) is 2.33. The van der Waals surface area contributed by atoms with Crippen LogP contribution in [0.1, 0.15) is 21.6 Å². The fraction of sp³-hybridized carbons (Fsp3) is 0.143. The van der Waals surface area contributed by atoms with Gasteiger partial charge in [0.05, 0.1) is 17.2 Å². The zero-order chi connectivity index (χ0) is 19.9. The summed E-state index contributed by atoms with van der Waals surface area (Å²) in [5.74, 6) is -0.304. The van der Waals surface area contributed by atoms with Gasteiger partial charge >= 0.3 is 0 Å². The number of nitrogens with zero attached hydrogens (tertiary/aromatic N) is 3. The SMILES string of the molecule is O=C(c1ccc(Cl)c([N+](=O)[O-])c1)N(CCc1ccccc1)Cc1ccccn1. The van der Waals surface area contributed by atoms with E-state index in [4.69, 9.17) is 11.6 Å². The highest BCUT2D eigenvalue weighted by Crippen LogP contribution is 2.26. The Morgan fingerprint density at radius 3 is 2.50 bits per heavy atom. The number of halogens is 1. The normalized spacial score (nSPS) is 10.5. The summed E-state index contributed by atoms with van der Waals surface area (Å²) in [7, 11) is 0. The Labute approximate surface area is 167 Å². The van der Waals surface area contributed by atoms with E-state index >= 15 is 0 Å². The number of pyridine rings is 1. The molecule has 0 bridgehead atoms. The number of aromatic nitrogens is 1. The zero-order valence-electron chi connectivity index (χ0n) is 15.0. The molecule has 6 nitrogen and oxygen atoms in total. The van der Waals surface area contributed by atoms with Crippen LogP contribution in [0.25, 0.3) is 0 Å². The van der Waals surface area contributed by atoms with E-state index in [1.54, 1.807) is 11.1 Å². The van der Waals surface area contributed by atoms with Crippen LogP contribution >= 0.6 is 11.6 Å². The molecule has 1 aromatic heterocycles. The summed E-state index contributed by atoms with van der Waals surface area (Å²) in [6, 6.07) is 19.4. The summed E-state index contributed by atoms with van der Waals surface area (Å²) in [6.45, 7) is 0.763. The molecule has 0 saturated heterocycles. The van der Waals surface area contributed by atoms with Crippen molar-refractivity contribution in [2.75, 3.05) is 6.54 Å². The van der Waals surface area contributed by atoms with Crippen LogP contribution in [0.2, 0.25) is 5.02 Å². The Balaban J connectivity index is 1.85. The first-order valence-electron chi connectivity index (χ1n) is 8.71. The summed E-state index contributed by atoms with van der Waals surface area (Å²) in [5, 5.41) is 11.2. The lowest BCUT2D eigenvalue weighted by Gasteiger charge is -2.22. The molecule has 2 aromatic carbocycles. The highest BCUT2D eigenvalue weighted by atomic mass is 35.5. The first kappa shape index (κ1) is 19.5. The molecule has 3 aromatic rings. The number of nitro groups is 1. The Kier molecular flexibility index (Phi) is 6.34. The number of rotatable bonds is 7. The molecule has 0 spiro atoms. The van der Waals surface area contributed by atoms with Gasteiger partial charge in [0, 0.05) is 24.4 Å². The van der Waals surface area contributed by atoms with Gasteiger partial charge in [-0.05, 0) is 36.2 Å². The fourth-order valence-corrected chi connectivity index (χ4v) is 3.00. The maximum Gasteiger partial charge on any atom is 0.288 e. The van der Waals surface area contributed by atoms with Crippen LogP contribution in [0.4, 0.5) is 5.69 Å². The fourth-order valence-electron chi connectivity index (χ4n) is 2.82. The van der Waals surface area contributed by atoms with Crippen molar-refractivity contribution in [3.8, 4) is 0 Å². The van der Waals surface area contributed by atoms with E-state index in [9.17, 15) is 14.9 Å². The molecule has 0 radical (unpaired) electrons. The number of hydrogen-bond acceptors (Lipinski definition) is 4. The predicted octanol–water partition coefficient (Wildman–Crippen LogP) is 4.53. The molecule has 0 unspecified atom stereocenters. The lowest BCUT2D eigenvalue weighted by molar-refractivity contribution is -0.384. The van der Waals surface area contributed by atoms with E-state index in [2.05, 4.69) is 4.98 Å². The van der Waals surface area contributed by atoms with Gasteiger partial charge < -0.3 is 4.90 Å². The standard InChI is InChI=1S/C21H18ClN3O3/c22-19-10-9-17(14-20(19)25(27)28)21(26)24(15-18-8-4-5-12-23-18)13-11-16-6-2-1-3-7-16/h1-10,12,14H,11,13,15H2. The molecule has 0 aliphatic rings. The van der Waals surface area contributed by atoms with Gasteiger partial charge in [-0.25, -0.2) is 0 Å². The minimum Gasteiger partial charge on any atom is -0.332 e. The summed E-state index contributed by atoms with van der Waals surface area (Å²) in [5.41, 5.74) is 1.78. The number of carbonyl (C=O) groups is 1. The second kappa shape index (κ2) is 9.10. The molecule has 0 aliphatic heterocycles. The van der Waals surface area contributed by atoms with Crippen LogP contribution < -0.4 is 0 Å². The van der Waals surface area contributed by atoms with E-state index in [0.29, 0.717) is 19.5 Å². The second-order valence-corrected chi connectivity index (χ2v) is 6.61. The average Bonchev–Trinajstić information content (AvgIpc) is 2.72. The Morgan fingerprint density at radius 1 is 1.07 bits per heavy atom. The molecule has 0 atom stereocenters. The molecule has 3 rings (SSSR count). The van der Waals surface area contributed by atoms with E-state index in [-0.39, 0.29) is 22.2 Å². The van der Waals surface area contributed by atoms with Crippen molar-refractivity contribution < 1.29 is 9.72 Å². The van der Waals surface area contributed by atoms with E-state index in [0.717, 1.165) is 11.3 Å². The highest BCUT2D eigenvalue weighted by Gasteiger charge is 2.21. The molecule has 7 heteroatoms. The zero-order valence-corrected chi connectivity index (χ0v) is 15.7. The number of carbonyl (C=O) groups excluding carboxylic acids is 1. The molecular formula is C21H18ClN3O3. The van der Waals surface area contributed by atoms with Crippen molar-refractivity contribution in [1.29, 1.82) is 0 Å². The maximum absolute atomic E-state index is 13.1. The third-order valence-corrected chi connectivity index (χ3v) is 4.59. The molecule has 0 N–H and O–H groups in total. The molecule has 0 aliphatic carbocycles. The minimum atomic E-state index is -0.591. The number of nitro benzene ring substituents is 1. The smallest absolute Gasteiger partial charge is 0.288 e. The molecule has 0 saturated carbocycles. The van der Waals surface area contributed by atoms with E-state index < -0.39 is 4.92 Å². The first-order valence-corrected chi connectivity index (χ1v) is 9.09. The summed E-state index contributed by atoms with van der Waals surface area (Å²) >= 11 is 5.87. The highest BCUT2D eigenvalue weighted by molar-refractivity contribution is 6.32. The molecule has 1 heterocycles. The maximum atomic E-state index is 13.1. The van der Waals surface area contributed by atoms with Crippen molar-refractivity contribution in [1.82, 2.24) is 9.88 Å². The Morgan fingerprint density at radius 2 is 1.82 bits per heavy atom. The number of benzene rings is 2. The Hall–Kier alpha value is -3.25. The van der Waals surface area contributed by atoms with Gasteiger partial charge in [0.1, 0.15) is 5.02 Å². The van der Waals surface area contributed by atoms with Gasteiger partial charge in [0.25, 0.3) is 11.6 Å². The van der Waals surface area contributed by atoms with Crippen LogP contribution in [-0.4, -0.2) is 27.3 Å². The second-order valence-electron chi connectivity index (χ2n) is 6.21. The average molecular weight is 396 g/mol. The first-order chi connectivity index (χ1) is 13.5. The minimum absolute atomic E-state index is 0.00196. The van der Waals surface area contributed by atoms with Gasteiger partial charge in [0.2, 0.25) is 0 Å². The largest absolute Gasteiger partial charge is 0.332 e. The third-order valence-electron chi connectivity index (χ3n) is 4.27. The van der Waals surface area contributed by atoms with Crippen LogP contribution in [0.3, 0.4) is 0 Å². The predicted molar refractivity (Wildman–Crippen MR) is 107 cm³/mol. The summed E-state index contributed by atoms with van der Waals surface area (Å²) in [4.78, 5) is 29.6. The summed E-state index contributed by atoms with van der Waals surface area (Å²) < 4.78 is 0.